The van der Waals surface area contributed by atoms with E-state index < -0.39 is 0 Å². The highest BCUT2D eigenvalue weighted by Gasteiger charge is 2.09. The molecule has 160 valence electrons. The van der Waals surface area contributed by atoms with Gasteiger partial charge in [-0.2, -0.15) is 0 Å². The Kier molecular flexibility index (Phi) is 8.09. The van der Waals surface area contributed by atoms with Crippen LogP contribution in [0.3, 0.4) is 0 Å². The van der Waals surface area contributed by atoms with Crippen LogP contribution in [0.4, 0.5) is 17.1 Å². The molecule has 4 nitrogen and oxygen atoms in total. The molecule has 31 heavy (non-hydrogen) atoms. The van der Waals surface area contributed by atoms with Gasteiger partial charge in [0.05, 0.1) is 5.75 Å². The lowest BCUT2D eigenvalue weighted by atomic mass is 10.1. The highest BCUT2D eigenvalue weighted by Crippen LogP contribution is 2.24. The predicted octanol–water partition coefficient (Wildman–Crippen LogP) is 6.41. The van der Waals surface area contributed by atoms with E-state index in [4.69, 9.17) is 12.2 Å². The summed E-state index contributed by atoms with van der Waals surface area (Å²) in [6.07, 6.45) is 0.884. The van der Waals surface area contributed by atoms with Crippen molar-refractivity contribution in [1.29, 1.82) is 0 Å². The molecule has 0 saturated carbocycles. The lowest BCUT2D eigenvalue weighted by Gasteiger charge is -2.13. The molecule has 0 aromatic heterocycles. The fraction of sp³-hybridized carbons (Fsp3) is 0.200. The molecule has 0 saturated heterocycles. The molecule has 0 spiro atoms. The minimum Gasteiger partial charge on any atom is -0.332 e. The summed E-state index contributed by atoms with van der Waals surface area (Å²) in [5, 5.41) is 9.98. The Bertz CT molecular complexity index is 1060. The maximum absolute atomic E-state index is 12.5. The van der Waals surface area contributed by atoms with Crippen molar-refractivity contribution in [3.05, 3.63) is 83.4 Å². The molecule has 0 aliphatic rings. The Morgan fingerprint density at radius 1 is 0.903 bits per heavy atom. The van der Waals surface area contributed by atoms with Crippen LogP contribution in [0.5, 0.6) is 0 Å². The fourth-order valence-corrected chi connectivity index (χ4v) is 4.11. The fourth-order valence-electron chi connectivity index (χ4n) is 3.12. The standard InChI is InChI=1S/C25H27N3OS2/c1-4-19-8-5-7-18(3)24(19)28-23(29)16-31-22-10-6-9-21(15-22)27-25(30)26-20-13-11-17(2)12-14-20/h5-15H,4,16H2,1-3H3,(H,28,29)(H2,26,27,30). The number of thiocarbonyl (C=S) groups is 1. The van der Waals surface area contributed by atoms with Crippen LogP contribution in [0.1, 0.15) is 23.6 Å². The van der Waals surface area contributed by atoms with E-state index in [1.54, 1.807) is 0 Å². The van der Waals surface area contributed by atoms with Crippen molar-refractivity contribution in [2.45, 2.75) is 32.1 Å². The summed E-state index contributed by atoms with van der Waals surface area (Å²) < 4.78 is 0. The van der Waals surface area contributed by atoms with E-state index in [0.29, 0.717) is 10.9 Å². The number of para-hydroxylation sites is 1. The summed E-state index contributed by atoms with van der Waals surface area (Å²) in [4.78, 5) is 13.5. The maximum Gasteiger partial charge on any atom is 0.234 e. The molecule has 0 radical (unpaired) electrons. The Labute approximate surface area is 193 Å². The highest BCUT2D eigenvalue weighted by molar-refractivity contribution is 8.00. The second-order valence-electron chi connectivity index (χ2n) is 7.27. The van der Waals surface area contributed by atoms with Crippen molar-refractivity contribution < 1.29 is 4.79 Å². The first-order chi connectivity index (χ1) is 14.9. The van der Waals surface area contributed by atoms with Crippen molar-refractivity contribution in [1.82, 2.24) is 0 Å². The third-order valence-electron chi connectivity index (χ3n) is 4.78. The van der Waals surface area contributed by atoms with Gasteiger partial charge in [-0.15, -0.1) is 11.8 Å². The molecule has 3 aromatic carbocycles. The van der Waals surface area contributed by atoms with Crippen molar-refractivity contribution >= 4 is 52.1 Å². The summed E-state index contributed by atoms with van der Waals surface area (Å²) in [6.45, 7) is 6.16. The zero-order valence-corrected chi connectivity index (χ0v) is 19.6. The number of nitrogens with one attached hydrogen (secondary N) is 3. The van der Waals surface area contributed by atoms with Crippen LogP contribution < -0.4 is 16.0 Å². The minimum atomic E-state index is -0.0103. The number of hydrogen-bond acceptors (Lipinski definition) is 3. The van der Waals surface area contributed by atoms with E-state index in [9.17, 15) is 4.79 Å². The molecule has 0 unspecified atom stereocenters. The number of rotatable bonds is 7. The van der Waals surface area contributed by atoms with Crippen LogP contribution in [-0.4, -0.2) is 16.8 Å². The SMILES string of the molecule is CCc1cccc(C)c1NC(=O)CSc1cccc(NC(=S)Nc2ccc(C)cc2)c1. The Balaban J connectivity index is 1.55. The largest absolute Gasteiger partial charge is 0.332 e. The van der Waals surface area contributed by atoms with Gasteiger partial charge in [0.25, 0.3) is 0 Å². The molecule has 0 heterocycles. The molecule has 1 amide bonds. The van der Waals surface area contributed by atoms with Crippen LogP contribution in [-0.2, 0) is 11.2 Å². The lowest BCUT2D eigenvalue weighted by molar-refractivity contribution is -0.113. The summed E-state index contributed by atoms with van der Waals surface area (Å²) >= 11 is 6.91. The number of carbonyl (C=O) groups excluding carboxylic acids is 1. The van der Waals surface area contributed by atoms with E-state index >= 15 is 0 Å². The summed E-state index contributed by atoms with van der Waals surface area (Å²) in [6, 6.07) is 22.0. The quantitative estimate of drug-likeness (QED) is 0.288. The molecule has 0 aliphatic carbocycles. The van der Waals surface area contributed by atoms with Gasteiger partial charge in [-0.1, -0.05) is 48.9 Å². The normalized spacial score (nSPS) is 10.4. The van der Waals surface area contributed by atoms with E-state index in [-0.39, 0.29) is 5.91 Å². The second-order valence-corrected chi connectivity index (χ2v) is 8.73. The monoisotopic (exact) mass is 449 g/mol. The van der Waals surface area contributed by atoms with Crippen LogP contribution >= 0.6 is 24.0 Å². The molecule has 3 rings (SSSR count). The molecule has 3 N–H and O–H groups in total. The number of amides is 1. The topological polar surface area (TPSA) is 53.2 Å². The summed E-state index contributed by atoms with van der Waals surface area (Å²) in [5.74, 6) is 0.330. The van der Waals surface area contributed by atoms with Crippen LogP contribution in [0.2, 0.25) is 0 Å². The number of benzene rings is 3. The van der Waals surface area contributed by atoms with Crippen LogP contribution in [0.25, 0.3) is 0 Å². The third-order valence-corrected chi connectivity index (χ3v) is 5.97. The van der Waals surface area contributed by atoms with Gasteiger partial charge in [-0.3, -0.25) is 4.79 Å². The molecule has 0 bridgehead atoms. The predicted molar refractivity (Wildman–Crippen MR) is 137 cm³/mol. The highest BCUT2D eigenvalue weighted by atomic mass is 32.2. The van der Waals surface area contributed by atoms with Gasteiger partial charge in [0.1, 0.15) is 0 Å². The average molecular weight is 450 g/mol. The average Bonchev–Trinajstić information content (AvgIpc) is 2.75. The molecule has 6 heteroatoms. The summed E-state index contributed by atoms with van der Waals surface area (Å²) in [7, 11) is 0. The van der Waals surface area contributed by atoms with Crippen LogP contribution in [0.15, 0.2) is 71.6 Å². The van der Waals surface area contributed by atoms with Gasteiger partial charge in [-0.25, -0.2) is 0 Å². The Hall–Kier alpha value is -2.83. The maximum atomic E-state index is 12.5. The van der Waals surface area contributed by atoms with Gasteiger partial charge >= 0.3 is 0 Å². The zero-order chi connectivity index (χ0) is 22.2. The van der Waals surface area contributed by atoms with Gasteiger partial charge < -0.3 is 16.0 Å². The Morgan fingerprint density at radius 2 is 1.61 bits per heavy atom. The third kappa shape index (κ3) is 6.84. The second kappa shape index (κ2) is 11.0. The molecule has 3 aromatic rings. The van der Waals surface area contributed by atoms with Crippen molar-refractivity contribution in [3.63, 3.8) is 0 Å². The molecular weight excluding hydrogens is 422 g/mol. The first kappa shape index (κ1) is 22.8. The van der Waals surface area contributed by atoms with E-state index in [2.05, 4.69) is 28.9 Å². The molecular formula is C25H27N3OS2. The molecule has 0 aliphatic heterocycles. The van der Waals surface area contributed by atoms with E-state index in [0.717, 1.165) is 39.5 Å². The summed E-state index contributed by atoms with van der Waals surface area (Å²) in [5.41, 5.74) is 6.18. The van der Waals surface area contributed by atoms with Crippen LogP contribution in [0, 0.1) is 13.8 Å². The number of carbonyl (C=O) groups is 1. The molecule has 0 fully saturated rings. The number of thioether (sulfide) groups is 1. The minimum absolute atomic E-state index is 0.0103. The first-order valence-corrected chi connectivity index (χ1v) is 11.6. The van der Waals surface area contributed by atoms with Gasteiger partial charge in [0, 0.05) is 22.0 Å². The number of hydrogen-bond donors (Lipinski definition) is 3. The van der Waals surface area contributed by atoms with Crippen molar-refractivity contribution in [2.75, 3.05) is 21.7 Å². The lowest BCUT2D eigenvalue weighted by Crippen LogP contribution is -2.19. The van der Waals surface area contributed by atoms with Gasteiger partial charge in [-0.05, 0) is 73.9 Å². The Morgan fingerprint density at radius 3 is 2.35 bits per heavy atom. The van der Waals surface area contributed by atoms with E-state index in [1.807, 2.05) is 74.5 Å². The number of aryl methyl sites for hydroxylation is 3. The van der Waals surface area contributed by atoms with Gasteiger partial charge in [0.15, 0.2) is 5.11 Å². The van der Waals surface area contributed by atoms with Crippen molar-refractivity contribution in [2.24, 2.45) is 0 Å². The zero-order valence-electron chi connectivity index (χ0n) is 18.0. The van der Waals surface area contributed by atoms with E-state index in [1.165, 1.54) is 17.3 Å². The van der Waals surface area contributed by atoms with Gasteiger partial charge in [0.2, 0.25) is 5.91 Å². The molecule has 0 atom stereocenters. The first-order valence-electron chi connectivity index (χ1n) is 10.2. The van der Waals surface area contributed by atoms with Crippen molar-refractivity contribution in [3.8, 4) is 0 Å². The smallest absolute Gasteiger partial charge is 0.234 e. The number of anilines is 3.